The number of benzene rings is 1. The van der Waals surface area contributed by atoms with Crippen LogP contribution >= 0.6 is 11.6 Å². The zero-order valence-electron chi connectivity index (χ0n) is 13.0. The van der Waals surface area contributed by atoms with Gasteiger partial charge in [0.05, 0.1) is 16.6 Å². The third kappa shape index (κ3) is 3.35. The molecule has 3 N–H and O–H groups in total. The van der Waals surface area contributed by atoms with E-state index < -0.39 is 0 Å². The molecule has 0 aromatic heterocycles. The van der Waals surface area contributed by atoms with E-state index in [-0.39, 0.29) is 30.2 Å². The van der Waals surface area contributed by atoms with Crippen LogP contribution in [0.15, 0.2) is 24.3 Å². The van der Waals surface area contributed by atoms with Gasteiger partial charge in [-0.1, -0.05) is 30.2 Å². The molecule has 2 fully saturated rings. The molecule has 1 saturated carbocycles. The number of nitrogens with zero attached hydrogens (tertiary/aromatic N) is 1. The van der Waals surface area contributed by atoms with Crippen molar-refractivity contribution >= 4 is 29.1 Å². The van der Waals surface area contributed by atoms with Crippen LogP contribution in [0.5, 0.6) is 0 Å². The highest BCUT2D eigenvalue weighted by Crippen LogP contribution is 2.31. The molecule has 0 radical (unpaired) electrons. The standard InChI is InChI=1S/C17H22ClN3O2/c18-13-5-1-2-7-15(13)21-10-12(8-16(21)22)17(23)20-14-6-3-4-11(14)9-19/h1-2,5,7,11-12,14H,3-4,6,8-10,19H2,(H,20,23)/t11-,12-,14-/m0/s1. The summed E-state index contributed by atoms with van der Waals surface area (Å²) < 4.78 is 0. The van der Waals surface area contributed by atoms with Crippen molar-refractivity contribution in [3.05, 3.63) is 29.3 Å². The highest BCUT2D eigenvalue weighted by molar-refractivity contribution is 6.33. The molecule has 0 unspecified atom stereocenters. The van der Waals surface area contributed by atoms with Gasteiger partial charge in [-0.2, -0.15) is 0 Å². The second-order valence-corrected chi connectivity index (χ2v) is 6.81. The lowest BCUT2D eigenvalue weighted by atomic mass is 10.0. The number of halogens is 1. The molecule has 2 amide bonds. The molecule has 0 bridgehead atoms. The predicted molar refractivity (Wildman–Crippen MR) is 90.2 cm³/mol. The maximum Gasteiger partial charge on any atom is 0.227 e. The summed E-state index contributed by atoms with van der Waals surface area (Å²) in [6, 6.07) is 7.37. The van der Waals surface area contributed by atoms with E-state index in [9.17, 15) is 9.59 Å². The number of hydrogen-bond acceptors (Lipinski definition) is 3. The Labute approximate surface area is 141 Å². The number of carbonyl (C=O) groups is 2. The van der Waals surface area contributed by atoms with Crippen molar-refractivity contribution in [1.29, 1.82) is 0 Å². The van der Waals surface area contributed by atoms with Crippen molar-refractivity contribution in [3.8, 4) is 0 Å². The second-order valence-electron chi connectivity index (χ2n) is 6.40. The smallest absolute Gasteiger partial charge is 0.227 e. The highest BCUT2D eigenvalue weighted by atomic mass is 35.5. The maximum atomic E-state index is 12.5. The number of amides is 2. The van der Waals surface area contributed by atoms with Gasteiger partial charge in [-0.3, -0.25) is 9.59 Å². The lowest BCUT2D eigenvalue weighted by molar-refractivity contribution is -0.127. The van der Waals surface area contributed by atoms with Gasteiger partial charge in [0.15, 0.2) is 0 Å². The van der Waals surface area contributed by atoms with Crippen molar-refractivity contribution < 1.29 is 9.59 Å². The van der Waals surface area contributed by atoms with Gasteiger partial charge in [-0.25, -0.2) is 0 Å². The topological polar surface area (TPSA) is 75.4 Å². The van der Waals surface area contributed by atoms with E-state index >= 15 is 0 Å². The minimum absolute atomic E-state index is 0.0433. The van der Waals surface area contributed by atoms with E-state index in [2.05, 4.69) is 5.32 Å². The minimum Gasteiger partial charge on any atom is -0.353 e. The van der Waals surface area contributed by atoms with E-state index in [4.69, 9.17) is 17.3 Å². The number of nitrogens with two attached hydrogens (primary N) is 1. The molecule has 6 heteroatoms. The zero-order chi connectivity index (χ0) is 16.4. The van der Waals surface area contributed by atoms with Crippen LogP contribution in [-0.4, -0.2) is 30.9 Å². The first kappa shape index (κ1) is 16.3. The first-order valence-corrected chi connectivity index (χ1v) is 8.53. The molecule has 0 spiro atoms. The van der Waals surface area contributed by atoms with Gasteiger partial charge in [0.25, 0.3) is 0 Å². The van der Waals surface area contributed by atoms with E-state index in [1.54, 1.807) is 11.0 Å². The molecule has 1 aromatic carbocycles. The van der Waals surface area contributed by atoms with Gasteiger partial charge in [0, 0.05) is 19.0 Å². The van der Waals surface area contributed by atoms with Crippen molar-refractivity contribution in [1.82, 2.24) is 5.32 Å². The van der Waals surface area contributed by atoms with Gasteiger partial charge >= 0.3 is 0 Å². The van der Waals surface area contributed by atoms with Crippen LogP contribution in [0.2, 0.25) is 5.02 Å². The predicted octanol–water partition coefficient (Wildman–Crippen LogP) is 1.94. The Balaban J connectivity index is 1.65. The third-order valence-electron chi connectivity index (χ3n) is 4.93. The number of nitrogens with one attached hydrogen (secondary N) is 1. The van der Waals surface area contributed by atoms with Crippen LogP contribution in [0.1, 0.15) is 25.7 Å². The summed E-state index contributed by atoms with van der Waals surface area (Å²) in [4.78, 5) is 26.4. The lowest BCUT2D eigenvalue weighted by Crippen LogP contribution is -2.43. The molecule has 3 rings (SSSR count). The van der Waals surface area contributed by atoms with E-state index in [0.717, 1.165) is 19.3 Å². The number of hydrogen-bond donors (Lipinski definition) is 2. The molecule has 23 heavy (non-hydrogen) atoms. The Kier molecular flexibility index (Phi) is 4.87. The molecule has 1 saturated heterocycles. The first-order valence-electron chi connectivity index (χ1n) is 8.15. The van der Waals surface area contributed by atoms with E-state index in [1.165, 1.54) is 0 Å². The fraction of sp³-hybridized carbons (Fsp3) is 0.529. The van der Waals surface area contributed by atoms with Crippen LogP contribution in [0, 0.1) is 11.8 Å². The summed E-state index contributed by atoms with van der Waals surface area (Å²) in [5, 5.41) is 3.63. The summed E-state index contributed by atoms with van der Waals surface area (Å²) in [5.41, 5.74) is 6.44. The first-order chi connectivity index (χ1) is 11.1. The molecule has 1 aliphatic heterocycles. The minimum atomic E-state index is -0.321. The van der Waals surface area contributed by atoms with Crippen molar-refractivity contribution in [3.63, 3.8) is 0 Å². The van der Waals surface area contributed by atoms with Crippen LogP contribution < -0.4 is 16.0 Å². The molecular weight excluding hydrogens is 314 g/mol. The average molecular weight is 336 g/mol. The van der Waals surface area contributed by atoms with Crippen molar-refractivity contribution in [2.75, 3.05) is 18.0 Å². The van der Waals surface area contributed by atoms with E-state index in [1.807, 2.05) is 18.2 Å². The van der Waals surface area contributed by atoms with Gasteiger partial charge in [-0.15, -0.1) is 0 Å². The Hall–Kier alpha value is -1.59. The van der Waals surface area contributed by atoms with Crippen LogP contribution in [0.25, 0.3) is 0 Å². The summed E-state index contributed by atoms with van der Waals surface area (Å²) >= 11 is 6.16. The highest BCUT2D eigenvalue weighted by Gasteiger charge is 2.37. The Morgan fingerprint density at radius 1 is 1.35 bits per heavy atom. The maximum absolute atomic E-state index is 12.5. The fourth-order valence-electron chi connectivity index (χ4n) is 3.60. The second kappa shape index (κ2) is 6.89. The molecular formula is C17H22ClN3O2. The molecule has 1 aliphatic carbocycles. The summed E-state index contributed by atoms with van der Waals surface area (Å²) in [7, 11) is 0. The summed E-state index contributed by atoms with van der Waals surface area (Å²) in [5.74, 6) is -0.0631. The molecule has 3 atom stereocenters. The largest absolute Gasteiger partial charge is 0.353 e. The number of para-hydroxylation sites is 1. The van der Waals surface area contributed by atoms with Crippen LogP contribution in [0.4, 0.5) is 5.69 Å². The molecule has 124 valence electrons. The normalized spacial score (nSPS) is 27.5. The summed E-state index contributed by atoms with van der Waals surface area (Å²) in [6.45, 7) is 0.981. The number of anilines is 1. The van der Waals surface area contributed by atoms with Crippen molar-refractivity contribution in [2.24, 2.45) is 17.6 Å². The van der Waals surface area contributed by atoms with Gasteiger partial charge in [0.2, 0.25) is 11.8 Å². The Morgan fingerprint density at radius 3 is 2.87 bits per heavy atom. The summed E-state index contributed by atoms with van der Waals surface area (Å²) in [6.07, 6.45) is 3.37. The van der Waals surface area contributed by atoms with Crippen LogP contribution in [0.3, 0.4) is 0 Å². The van der Waals surface area contributed by atoms with Gasteiger partial charge < -0.3 is 16.0 Å². The fourth-order valence-corrected chi connectivity index (χ4v) is 3.83. The number of rotatable bonds is 4. The monoisotopic (exact) mass is 335 g/mol. The van der Waals surface area contributed by atoms with Gasteiger partial charge in [-0.05, 0) is 37.4 Å². The molecule has 5 nitrogen and oxygen atoms in total. The Morgan fingerprint density at radius 2 is 2.13 bits per heavy atom. The van der Waals surface area contributed by atoms with E-state index in [0.29, 0.717) is 29.7 Å². The van der Waals surface area contributed by atoms with Gasteiger partial charge in [0.1, 0.15) is 0 Å². The lowest BCUT2D eigenvalue weighted by Gasteiger charge is -2.22. The Bertz CT molecular complexity index is 607. The molecule has 1 aromatic rings. The quantitative estimate of drug-likeness (QED) is 0.883. The average Bonchev–Trinajstić information content (AvgIpc) is 3.14. The zero-order valence-corrected chi connectivity index (χ0v) is 13.8. The molecule has 1 heterocycles. The third-order valence-corrected chi connectivity index (χ3v) is 5.25. The van der Waals surface area contributed by atoms with Crippen molar-refractivity contribution in [2.45, 2.75) is 31.7 Å². The van der Waals surface area contributed by atoms with Crippen LogP contribution in [-0.2, 0) is 9.59 Å². The molecule has 2 aliphatic rings. The SMILES string of the molecule is NC[C@@H]1CCC[C@@H]1NC(=O)[C@H]1CC(=O)N(c2ccccc2Cl)C1. The number of carbonyl (C=O) groups excluding carboxylic acids is 2.